The predicted octanol–water partition coefficient (Wildman–Crippen LogP) is 4.36. The second-order valence-electron chi connectivity index (χ2n) is 6.52. The van der Waals surface area contributed by atoms with Crippen LogP contribution in [0, 0.1) is 0 Å². The number of carbonyl (C=O) groups is 1. The summed E-state index contributed by atoms with van der Waals surface area (Å²) in [5, 5.41) is 1.94. The van der Waals surface area contributed by atoms with E-state index in [1.807, 2.05) is 24.6 Å². The molecule has 0 atom stereocenters. The Morgan fingerprint density at radius 3 is 2.33 bits per heavy atom. The van der Waals surface area contributed by atoms with Crippen LogP contribution in [-0.4, -0.2) is 24.3 Å². The molecule has 0 bridgehead atoms. The van der Waals surface area contributed by atoms with Gasteiger partial charge in [-0.25, -0.2) is 0 Å². The summed E-state index contributed by atoms with van der Waals surface area (Å²) in [5.74, 6) is 0.193. The maximum Gasteiger partial charge on any atom is 0.186 e. The van der Waals surface area contributed by atoms with Gasteiger partial charge in [0.05, 0.1) is 11.4 Å². The van der Waals surface area contributed by atoms with Crippen LogP contribution in [0.4, 0.5) is 0 Å². The molecule has 2 rings (SSSR count). The first-order valence-corrected chi connectivity index (χ1v) is 8.09. The van der Waals surface area contributed by atoms with E-state index in [0.717, 1.165) is 11.4 Å². The van der Waals surface area contributed by atoms with Crippen molar-refractivity contribution in [3.8, 4) is 0 Å². The van der Waals surface area contributed by atoms with Crippen molar-refractivity contribution in [1.29, 1.82) is 0 Å². The number of hydrogen-bond acceptors (Lipinski definition) is 3. The molecule has 0 fully saturated rings. The number of thiophene rings is 1. The van der Waals surface area contributed by atoms with Crippen molar-refractivity contribution in [2.75, 3.05) is 13.6 Å². The van der Waals surface area contributed by atoms with Crippen LogP contribution in [0.3, 0.4) is 0 Å². The summed E-state index contributed by atoms with van der Waals surface area (Å²) >= 11 is 1.51. The van der Waals surface area contributed by atoms with E-state index >= 15 is 0 Å². The van der Waals surface area contributed by atoms with Crippen molar-refractivity contribution in [3.05, 3.63) is 57.8 Å². The highest BCUT2D eigenvalue weighted by Gasteiger charge is 2.14. The van der Waals surface area contributed by atoms with Gasteiger partial charge in [0.2, 0.25) is 0 Å². The number of hydrogen-bond donors (Lipinski definition) is 0. The monoisotopic (exact) mass is 301 g/mol. The Hall–Kier alpha value is -1.45. The number of Topliss-reactive ketones (excluding diaryl/α,β-unsaturated/α-hetero) is 1. The predicted molar refractivity (Wildman–Crippen MR) is 90.1 cm³/mol. The quantitative estimate of drug-likeness (QED) is 0.765. The summed E-state index contributed by atoms with van der Waals surface area (Å²) in [6, 6.07) is 12.5. The van der Waals surface area contributed by atoms with Crippen LogP contribution in [0.15, 0.2) is 41.8 Å². The summed E-state index contributed by atoms with van der Waals surface area (Å²) in [7, 11) is 1.99. The zero-order valence-corrected chi connectivity index (χ0v) is 14.0. The Bertz CT molecular complexity index is 579. The summed E-state index contributed by atoms with van der Waals surface area (Å²) < 4.78 is 0. The lowest BCUT2D eigenvalue weighted by Crippen LogP contribution is -2.25. The maximum absolute atomic E-state index is 12.1. The van der Waals surface area contributed by atoms with Gasteiger partial charge in [-0.15, -0.1) is 11.3 Å². The van der Waals surface area contributed by atoms with Gasteiger partial charge < -0.3 is 0 Å². The normalized spacial score (nSPS) is 11.9. The fourth-order valence-corrected chi connectivity index (χ4v) is 2.89. The maximum atomic E-state index is 12.1. The third-order valence-corrected chi connectivity index (χ3v) is 4.39. The molecule has 0 saturated heterocycles. The van der Waals surface area contributed by atoms with E-state index in [1.54, 1.807) is 0 Å². The van der Waals surface area contributed by atoms with Gasteiger partial charge in [0.1, 0.15) is 0 Å². The molecule has 0 amide bonds. The van der Waals surface area contributed by atoms with E-state index in [1.165, 1.54) is 22.5 Å². The van der Waals surface area contributed by atoms with Gasteiger partial charge in [0.15, 0.2) is 5.78 Å². The van der Waals surface area contributed by atoms with Crippen molar-refractivity contribution < 1.29 is 4.79 Å². The molecular formula is C18H23NOS. The van der Waals surface area contributed by atoms with E-state index in [4.69, 9.17) is 0 Å². The van der Waals surface area contributed by atoms with Gasteiger partial charge >= 0.3 is 0 Å². The third-order valence-electron chi connectivity index (χ3n) is 3.48. The van der Waals surface area contributed by atoms with Crippen LogP contribution in [-0.2, 0) is 12.0 Å². The molecule has 3 heteroatoms. The molecule has 1 aromatic heterocycles. The molecular weight excluding hydrogens is 278 g/mol. The van der Waals surface area contributed by atoms with Crippen molar-refractivity contribution >= 4 is 17.1 Å². The van der Waals surface area contributed by atoms with Crippen molar-refractivity contribution in [2.45, 2.75) is 32.7 Å². The summed E-state index contributed by atoms with van der Waals surface area (Å²) in [6.07, 6.45) is 0. The van der Waals surface area contributed by atoms with Crippen LogP contribution in [0.2, 0.25) is 0 Å². The zero-order valence-electron chi connectivity index (χ0n) is 13.2. The number of ketones is 1. The van der Waals surface area contributed by atoms with E-state index in [-0.39, 0.29) is 11.2 Å². The number of rotatable bonds is 5. The zero-order chi connectivity index (χ0) is 15.5. The van der Waals surface area contributed by atoms with Crippen LogP contribution in [0.5, 0.6) is 0 Å². The highest BCUT2D eigenvalue weighted by molar-refractivity contribution is 7.12. The van der Waals surface area contributed by atoms with Crippen LogP contribution in [0.1, 0.15) is 41.6 Å². The second-order valence-corrected chi connectivity index (χ2v) is 7.47. The smallest absolute Gasteiger partial charge is 0.186 e. The lowest BCUT2D eigenvalue weighted by molar-refractivity contribution is 0.0947. The minimum atomic E-state index is 0.180. The lowest BCUT2D eigenvalue weighted by Gasteiger charge is -2.20. The molecule has 21 heavy (non-hydrogen) atoms. The van der Waals surface area contributed by atoms with Gasteiger partial charge in [-0.2, -0.15) is 0 Å². The molecule has 0 N–H and O–H groups in total. The Kier molecular flexibility index (Phi) is 4.96. The fraction of sp³-hybridized carbons (Fsp3) is 0.389. The van der Waals surface area contributed by atoms with E-state index < -0.39 is 0 Å². The Morgan fingerprint density at radius 2 is 1.81 bits per heavy atom. The first kappa shape index (κ1) is 15.9. The third kappa shape index (κ3) is 4.51. The summed E-state index contributed by atoms with van der Waals surface area (Å²) in [6.45, 7) is 7.90. The Morgan fingerprint density at radius 1 is 1.14 bits per heavy atom. The molecule has 0 aliphatic carbocycles. The molecule has 112 valence electrons. The average Bonchev–Trinajstić information content (AvgIpc) is 2.92. The van der Waals surface area contributed by atoms with Gasteiger partial charge in [-0.1, -0.05) is 51.1 Å². The van der Waals surface area contributed by atoms with Crippen LogP contribution >= 0.6 is 11.3 Å². The molecule has 0 radical (unpaired) electrons. The number of carbonyl (C=O) groups excluding carboxylic acids is 1. The van der Waals surface area contributed by atoms with Crippen molar-refractivity contribution in [1.82, 2.24) is 4.90 Å². The number of benzene rings is 1. The van der Waals surface area contributed by atoms with Gasteiger partial charge in [-0.3, -0.25) is 9.69 Å². The molecule has 1 aromatic carbocycles. The minimum absolute atomic E-state index is 0.180. The first-order valence-electron chi connectivity index (χ1n) is 7.21. The first-order chi connectivity index (χ1) is 9.86. The van der Waals surface area contributed by atoms with Crippen LogP contribution < -0.4 is 0 Å². The minimum Gasteiger partial charge on any atom is -0.295 e. The second kappa shape index (κ2) is 6.54. The molecule has 0 saturated carbocycles. The molecule has 2 nitrogen and oxygen atoms in total. The molecule has 0 spiro atoms. The van der Waals surface area contributed by atoms with E-state index in [0.29, 0.717) is 6.54 Å². The molecule has 2 aromatic rings. The van der Waals surface area contributed by atoms with Gasteiger partial charge in [0.25, 0.3) is 0 Å². The molecule has 0 aliphatic rings. The fourth-order valence-electron chi connectivity index (χ4n) is 2.24. The SMILES string of the molecule is CN(CC(=O)c1cccs1)Cc1ccc(C(C)(C)C)cc1. The van der Waals surface area contributed by atoms with Crippen LogP contribution in [0.25, 0.3) is 0 Å². The Labute approximate surface area is 131 Å². The molecule has 0 unspecified atom stereocenters. The largest absolute Gasteiger partial charge is 0.295 e. The Balaban J connectivity index is 1.94. The number of nitrogens with zero attached hydrogens (tertiary/aromatic N) is 1. The topological polar surface area (TPSA) is 20.3 Å². The van der Waals surface area contributed by atoms with Gasteiger partial charge in [-0.05, 0) is 35.0 Å². The lowest BCUT2D eigenvalue weighted by atomic mass is 9.87. The molecule has 0 aliphatic heterocycles. The standard InChI is InChI=1S/C18H23NOS/c1-18(2,3)15-9-7-14(8-10-15)12-19(4)13-16(20)17-6-5-11-21-17/h5-11H,12-13H2,1-4H3. The van der Waals surface area contributed by atoms with Crippen molar-refractivity contribution in [3.63, 3.8) is 0 Å². The van der Waals surface area contributed by atoms with E-state index in [2.05, 4.69) is 49.9 Å². The van der Waals surface area contributed by atoms with Crippen molar-refractivity contribution in [2.24, 2.45) is 0 Å². The van der Waals surface area contributed by atoms with Gasteiger partial charge in [0, 0.05) is 6.54 Å². The summed E-state index contributed by atoms with van der Waals surface area (Å²) in [4.78, 5) is 15.0. The van der Waals surface area contributed by atoms with E-state index in [9.17, 15) is 4.79 Å². The highest BCUT2D eigenvalue weighted by atomic mass is 32.1. The highest BCUT2D eigenvalue weighted by Crippen LogP contribution is 2.22. The average molecular weight is 301 g/mol. The summed E-state index contributed by atoms with van der Waals surface area (Å²) in [5.41, 5.74) is 2.76. The molecule has 1 heterocycles. The number of likely N-dealkylation sites (N-methyl/N-ethyl adjacent to an activating group) is 1.